The molecule has 0 saturated heterocycles. The quantitative estimate of drug-likeness (QED) is 0.693. The monoisotopic (exact) mass is 248 g/mol. The summed E-state index contributed by atoms with van der Waals surface area (Å²) in [7, 11) is 0. The summed E-state index contributed by atoms with van der Waals surface area (Å²) in [6, 6.07) is 8.22. The number of hydrogen-bond acceptors (Lipinski definition) is 2. The van der Waals surface area contributed by atoms with Gasteiger partial charge in [0.15, 0.2) is 0 Å². The molecule has 0 spiro atoms. The molecule has 100 valence electrons. The van der Waals surface area contributed by atoms with Crippen molar-refractivity contribution in [3.8, 4) is 0 Å². The molecule has 3 nitrogen and oxygen atoms in total. The zero-order chi connectivity index (χ0) is 13.2. The van der Waals surface area contributed by atoms with Gasteiger partial charge in [-0.25, -0.2) is 0 Å². The van der Waals surface area contributed by atoms with Crippen LogP contribution < -0.4 is 11.1 Å². The zero-order valence-electron chi connectivity index (χ0n) is 11.2. The Bertz CT molecular complexity index is 363. The SMILES string of the molecule is Cc1ccccc1CCC(=O)NCCCCCN. The van der Waals surface area contributed by atoms with Crippen molar-refractivity contribution in [1.82, 2.24) is 5.32 Å². The van der Waals surface area contributed by atoms with Crippen molar-refractivity contribution in [2.75, 3.05) is 13.1 Å². The van der Waals surface area contributed by atoms with E-state index in [1.54, 1.807) is 0 Å². The standard InChI is InChI=1S/C15H24N2O/c1-13-7-3-4-8-14(13)9-10-15(18)17-12-6-2-5-11-16/h3-4,7-8H,2,5-6,9-12,16H2,1H3,(H,17,18). The Labute approximate surface area is 110 Å². The molecule has 1 rings (SSSR count). The number of aryl methyl sites for hydroxylation is 2. The molecule has 0 aliphatic heterocycles. The largest absolute Gasteiger partial charge is 0.356 e. The van der Waals surface area contributed by atoms with Crippen LogP contribution in [0.3, 0.4) is 0 Å². The van der Waals surface area contributed by atoms with Crippen molar-refractivity contribution in [1.29, 1.82) is 0 Å². The highest BCUT2D eigenvalue weighted by Gasteiger charge is 2.03. The van der Waals surface area contributed by atoms with Crippen LogP contribution in [0.4, 0.5) is 0 Å². The smallest absolute Gasteiger partial charge is 0.220 e. The topological polar surface area (TPSA) is 55.1 Å². The molecule has 1 aromatic carbocycles. The van der Waals surface area contributed by atoms with Crippen molar-refractivity contribution in [3.63, 3.8) is 0 Å². The second-order valence-corrected chi connectivity index (χ2v) is 4.63. The number of hydrogen-bond donors (Lipinski definition) is 2. The fourth-order valence-electron chi connectivity index (χ4n) is 1.90. The van der Waals surface area contributed by atoms with Gasteiger partial charge in [-0.2, -0.15) is 0 Å². The molecule has 0 aliphatic carbocycles. The maximum absolute atomic E-state index is 11.6. The van der Waals surface area contributed by atoms with Crippen LogP contribution in [0.2, 0.25) is 0 Å². The highest BCUT2D eigenvalue weighted by atomic mass is 16.1. The van der Waals surface area contributed by atoms with Crippen LogP contribution in [0.25, 0.3) is 0 Å². The molecular weight excluding hydrogens is 224 g/mol. The van der Waals surface area contributed by atoms with E-state index in [-0.39, 0.29) is 5.91 Å². The number of benzene rings is 1. The van der Waals surface area contributed by atoms with Gasteiger partial charge in [0.1, 0.15) is 0 Å². The molecule has 0 unspecified atom stereocenters. The Balaban J connectivity index is 2.15. The van der Waals surface area contributed by atoms with Gasteiger partial charge >= 0.3 is 0 Å². The fourth-order valence-corrected chi connectivity index (χ4v) is 1.90. The zero-order valence-corrected chi connectivity index (χ0v) is 11.2. The van der Waals surface area contributed by atoms with Crippen LogP contribution in [0.5, 0.6) is 0 Å². The van der Waals surface area contributed by atoms with E-state index in [1.165, 1.54) is 11.1 Å². The third kappa shape index (κ3) is 5.82. The van der Waals surface area contributed by atoms with Crippen LogP contribution in [-0.2, 0) is 11.2 Å². The molecule has 0 fully saturated rings. The van der Waals surface area contributed by atoms with Gasteiger partial charge in [0.05, 0.1) is 0 Å². The predicted octanol–water partition coefficient (Wildman–Crippen LogP) is 2.17. The van der Waals surface area contributed by atoms with Gasteiger partial charge in [0.2, 0.25) is 5.91 Å². The van der Waals surface area contributed by atoms with Crippen LogP contribution in [0.15, 0.2) is 24.3 Å². The Morgan fingerprint density at radius 1 is 1.22 bits per heavy atom. The summed E-state index contributed by atoms with van der Waals surface area (Å²) >= 11 is 0. The molecular formula is C15H24N2O. The number of nitrogens with two attached hydrogens (primary N) is 1. The van der Waals surface area contributed by atoms with E-state index in [0.29, 0.717) is 6.42 Å². The lowest BCUT2D eigenvalue weighted by Crippen LogP contribution is -2.24. The number of carbonyl (C=O) groups excluding carboxylic acids is 1. The first-order valence-corrected chi connectivity index (χ1v) is 6.75. The van der Waals surface area contributed by atoms with Gasteiger partial charge in [-0.05, 0) is 43.9 Å². The Kier molecular flexibility index (Phi) is 7.11. The van der Waals surface area contributed by atoms with Gasteiger partial charge in [-0.15, -0.1) is 0 Å². The molecule has 0 bridgehead atoms. The number of rotatable bonds is 8. The minimum Gasteiger partial charge on any atom is -0.356 e. The van der Waals surface area contributed by atoms with E-state index in [4.69, 9.17) is 5.73 Å². The van der Waals surface area contributed by atoms with Crippen molar-refractivity contribution in [2.45, 2.75) is 39.0 Å². The third-order valence-electron chi connectivity index (χ3n) is 3.09. The summed E-state index contributed by atoms with van der Waals surface area (Å²) in [5.41, 5.74) is 7.93. The van der Waals surface area contributed by atoms with E-state index in [1.807, 2.05) is 12.1 Å². The average Bonchev–Trinajstić information content (AvgIpc) is 2.37. The van der Waals surface area contributed by atoms with E-state index >= 15 is 0 Å². The number of nitrogens with one attached hydrogen (secondary N) is 1. The number of carbonyl (C=O) groups is 1. The second kappa shape index (κ2) is 8.70. The normalized spacial score (nSPS) is 10.3. The summed E-state index contributed by atoms with van der Waals surface area (Å²) in [4.78, 5) is 11.6. The summed E-state index contributed by atoms with van der Waals surface area (Å²) in [6.07, 6.45) is 4.55. The van der Waals surface area contributed by atoms with E-state index in [2.05, 4.69) is 24.4 Å². The highest BCUT2D eigenvalue weighted by molar-refractivity contribution is 5.76. The van der Waals surface area contributed by atoms with Gasteiger partial charge in [-0.1, -0.05) is 30.7 Å². The highest BCUT2D eigenvalue weighted by Crippen LogP contribution is 2.09. The van der Waals surface area contributed by atoms with Gasteiger partial charge < -0.3 is 11.1 Å². The fraction of sp³-hybridized carbons (Fsp3) is 0.533. The third-order valence-corrected chi connectivity index (χ3v) is 3.09. The minimum absolute atomic E-state index is 0.144. The maximum atomic E-state index is 11.6. The van der Waals surface area contributed by atoms with Crippen LogP contribution in [0.1, 0.15) is 36.8 Å². The molecule has 0 radical (unpaired) electrons. The Morgan fingerprint density at radius 3 is 2.72 bits per heavy atom. The van der Waals surface area contributed by atoms with Crippen LogP contribution >= 0.6 is 0 Å². The van der Waals surface area contributed by atoms with Crippen LogP contribution in [0, 0.1) is 6.92 Å². The molecule has 3 heteroatoms. The van der Waals surface area contributed by atoms with Crippen molar-refractivity contribution < 1.29 is 4.79 Å². The summed E-state index contributed by atoms with van der Waals surface area (Å²) in [5, 5.41) is 2.95. The first kappa shape index (κ1) is 14.7. The molecule has 0 aliphatic rings. The Hall–Kier alpha value is -1.35. The molecule has 0 heterocycles. The van der Waals surface area contributed by atoms with E-state index in [9.17, 15) is 4.79 Å². The molecule has 0 saturated carbocycles. The maximum Gasteiger partial charge on any atom is 0.220 e. The minimum atomic E-state index is 0.144. The molecule has 0 aromatic heterocycles. The molecule has 1 aromatic rings. The van der Waals surface area contributed by atoms with Crippen LogP contribution in [-0.4, -0.2) is 19.0 Å². The second-order valence-electron chi connectivity index (χ2n) is 4.63. The molecule has 3 N–H and O–H groups in total. The predicted molar refractivity (Wildman–Crippen MR) is 75.4 cm³/mol. The van der Waals surface area contributed by atoms with E-state index in [0.717, 1.165) is 38.8 Å². The van der Waals surface area contributed by atoms with Gasteiger partial charge in [-0.3, -0.25) is 4.79 Å². The van der Waals surface area contributed by atoms with Crippen molar-refractivity contribution in [2.24, 2.45) is 5.73 Å². The number of unbranched alkanes of at least 4 members (excludes halogenated alkanes) is 2. The first-order valence-electron chi connectivity index (χ1n) is 6.75. The summed E-state index contributed by atoms with van der Waals surface area (Å²) in [5.74, 6) is 0.144. The lowest BCUT2D eigenvalue weighted by Gasteiger charge is -2.06. The van der Waals surface area contributed by atoms with Gasteiger partial charge in [0, 0.05) is 13.0 Å². The summed E-state index contributed by atoms with van der Waals surface area (Å²) in [6.45, 7) is 3.59. The summed E-state index contributed by atoms with van der Waals surface area (Å²) < 4.78 is 0. The lowest BCUT2D eigenvalue weighted by molar-refractivity contribution is -0.121. The Morgan fingerprint density at radius 2 is 2.00 bits per heavy atom. The molecule has 18 heavy (non-hydrogen) atoms. The number of amides is 1. The van der Waals surface area contributed by atoms with Crippen molar-refractivity contribution >= 4 is 5.91 Å². The average molecular weight is 248 g/mol. The molecule has 0 atom stereocenters. The van der Waals surface area contributed by atoms with E-state index < -0.39 is 0 Å². The molecule has 1 amide bonds. The first-order chi connectivity index (χ1) is 8.74. The van der Waals surface area contributed by atoms with Crippen molar-refractivity contribution in [3.05, 3.63) is 35.4 Å². The van der Waals surface area contributed by atoms with Gasteiger partial charge in [0.25, 0.3) is 0 Å². The lowest BCUT2D eigenvalue weighted by atomic mass is 10.0.